The minimum atomic E-state index is -0.206. The maximum absolute atomic E-state index is 13.0. The molecule has 1 spiro atoms. The van der Waals surface area contributed by atoms with Crippen LogP contribution in [-0.4, -0.2) is 64.4 Å². The zero-order chi connectivity index (χ0) is 40.8. The second-order valence-corrected chi connectivity index (χ2v) is 17.1. The average Bonchev–Trinajstić information content (AvgIpc) is 3.93. The molecule has 0 bridgehead atoms. The van der Waals surface area contributed by atoms with Crippen molar-refractivity contribution in [2.75, 3.05) is 54.0 Å². The minimum Gasteiger partial charge on any atom is -0.470 e. The number of nitrogens with zero attached hydrogens (tertiary/aromatic N) is 6. The van der Waals surface area contributed by atoms with Crippen LogP contribution in [0.15, 0.2) is 48.8 Å². The summed E-state index contributed by atoms with van der Waals surface area (Å²) < 4.78 is 5.93. The fourth-order valence-corrected chi connectivity index (χ4v) is 9.77. The number of pyridine rings is 1. The number of nitriles is 1. The van der Waals surface area contributed by atoms with E-state index in [0.717, 1.165) is 101 Å². The third-order valence-electron chi connectivity index (χ3n) is 13.1. The Morgan fingerprint density at radius 1 is 0.881 bits per heavy atom. The highest BCUT2D eigenvalue weighted by molar-refractivity contribution is 5.93. The lowest BCUT2D eigenvalue weighted by atomic mass is 9.71. The van der Waals surface area contributed by atoms with Crippen molar-refractivity contribution in [1.29, 1.82) is 5.26 Å². The number of aryl methyl sites for hydroxylation is 2. The Morgan fingerprint density at radius 2 is 1.61 bits per heavy atom. The second kappa shape index (κ2) is 18.2. The van der Waals surface area contributed by atoms with Crippen LogP contribution in [-0.2, 0) is 41.9 Å². The standard InChI is InChI=1S/C47H57N9O3/c1-32(57)52-42-26-33(15-20-50-42)31-59-46-45(49)51-30-40(53-46)36-13-14-41(37(28-36)29-48)56-24-18-47(19-25-56)16-22-55(23-17-47)21-5-3-2-4-12-43(58)54-44-38-10-6-8-34(38)27-35-9-7-11-39(35)44/h13-15,20,26-28,30H,2-12,16-19,21-25,31H2,1H3,(H2,49,51)(H,54,58)(H,50,52,57). The zero-order valence-electron chi connectivity index (χ0n) is 34.5. The smallest absolute Gasteiger partial charge is 0.258 e. The van der Waals surface area contributed by atoms with Gasteiger partial charge in [0, 0.05) is 43.9 Å². The normalized spacial score (nSPS) is 17.0. The van der Waals surface area contributed by atoms with Crippen LogP contribution in [0.2, 0.25) is 0 Å². The first-order chi connectivity index (χ1) is 28.8. The summed E-state index contributed by atoms with van der Waals surface area (Å²) in [7, 11) is 0. The van der Waals surface area contributed by atoms with E-state index in [9.17, 15) is 14.9 Å². The number of aromatic nitrogens is 3. The Kier molecular flexibility index (Phi) is 12.4. The van der Waals surface area contributed by atoms with E-state index in [1.54, 1.807) is 24.5 Å². The van der Waals surface area contributed by atoms with Crippen LogP contribution >= 0.6 is 0 Å². The molecule has 0 radical (unpaired) electrons. The van der Waals surface area contributed by atoms with Gasteiger partial charge in [-0.05, 0) is 154 Å². The highest BCUT2D eigenvalue weighted by Crippen LogP contribution is 2.43. The number of nitrogens with one attached hydrogen (secondary N) is 2. The molecule has 2 aromatic heterocycles. The molecule has 8 rings (SSSR count). The summed E-state index contributed by atoms with van der Waals surface area (Å²) in [6, 6.07) is 14.3. The van der Waals surface area contributed by atoms with Gasteiger partial charge in [0.25, 0.3) is 5.88 Å². The van der Waals surface area contributed by atoms with Crippen LogP contribution < -0.4 is 26.0 Å². The third-order valence-corrected chi connectivity index (χ3v) is 13.1. The molecule has 59 heavy (non-hydrogen) atoms. The molecule has 0 saturated carbocycles. The second-order valence-electron chi connectivity index (χ2n) is 17.1. The van der Waals surface area contributed by atoms with Gasteiger partial charge in [-0.1, -0.05) is 25.0 Å². The molecule has 2 aliphatic heterocycles. The maximum Gasteiger partial charge on any atom is 0.258 e. The Labute approximate surface area is 348 Å². The summed E-state index contributed by atoms with van der Waals surface area (Å²) in [5, 5.41) is 16.3. The Hall–Kier alpha value is -5.54. The van der Waals surface area contributed by atoms with E-state index in [0.29, 0.717) is 28.9 Å². The van der Waals surface area contributed by atoms with Crippen molar-refractivity contribution in [1.82, 2.24) is 19.9 Å². The summed E-state index contributed by atoms with van der Waals surface area (Å²) in [5.74, 6) is 0.783. The predicted molar refractivity (Wildman–Crippen MR) is 231 cm³/mol. The van der Waals surface area contributed by atoms with Gasteiger partial charge in [0.2, 0.25) is 11.8 Å². The van der Waals surface area contributed by atoms with Crippen molar-refractivity contribution < 1.29 is 14.3 Å². The number of benzene rings is 2. The van der Waals surface area contributed by atoms with E-state index < -0.39 is 0 Å². The first-order valence-electron chi connectivity index (χ1n) is 21.7. The van der Waals surface area contributed by atoms with Crippen LogP contribution in [0.5, 0.6) is 5.88 Å². The molecule has 0 unspecified atom stereocenters. The summed E-state index contributed by atoms with van der Waals surface area (Å²) in [5.41, 5.74) is 17.1. The number of hydrogen-bond donors (Lipinski definition) is 3. The van der Waals surface area contributed by atoms with Crippen molar-refractivity contribution in [2.24, 2.45) is 5.41 Å². The molecule has 2 aromatic carbocycles. The monoisotopic (exact) mass is 795 g/mol. The van der Waals surface area contributed by atoms with Gasteiger partial charge >= 0.3 is 0 Å². The highest BCUT2D eigenvalue weighted by atomic mass is 16.5. The molecule has 4 aromatic rings. The van der Waals surface area contributed by atoms with E-state index in [4.69, 9.17) is 10.5 Å². The number of rotatable bonds is 14. The predicted octanol–water partition coefficient (Wildman–Crippen LogP) is 7.78. The molecule has 12 heteroatoms. The van der Waals surface area contributed by atoms with E-state index in [2.05, 4.69) is 47.5 Å². The van der Waals surface area contributed by atoms with Crippen LogP contribution in [0.3, 0.4) is 0 Å². The maximum atomic E-state index is 13.0. The molecule has 2 amide bonds. The molecule has 2 aliphatic carbocycles. The lowest BCUT2D eigenvalue weighted by Gasteiger charge is -2.47. The van der Waals surface area contributed by atoms with Crippen LogP contribution in [0.1, 0.15) is 111 Å². The molecule has 12 nitrogen and oxygen atoms in total. The minimum absolute atomic E-state index is 0.161. The number of fused-ring (bicyclic) bond motifs is 2. The molecule has 4 heterocycles. The quantitative estimate of drug-likeness (QED) is 0.108. The summed E-state index contributed by atoms with van der Waals surface area (Å²) >= 11 is 0. The molecule has 2 saturated heterocycles. The van der Waals surface area contributed by atoms with Gasteiger partial charge in [-0.3, -0.25) is 9.59 Å². The van der Waals surface area contributed by atoms with Gasteiger partial charge in [-0.15, -0.1) is 0 Å². The fourth-order valence-electron chi connectivity index (χ4n) is 9.77. The molecule has 0 atom stereocenters. The summed E-state index contributed by atoms with van der Waals surface area (Å²) in [6.45, 7) is 6.92. The van der Waals surface area contributed by atoms with E-state index in [-0.39, 0.29) is 30.1 Å². The third kappa shape index (κ3) is 9.52. The molecular formula is C47H57N9O3. The molecule has 4 N–H and O–H groups in total. The van der Waals surface area contributed by atoms with Gasteiger partial charge in [0.1, 0.15) is 18.5 Å². The van der Waals surface area contributed by atoms with Crippen molar-refractivity contribution in [3.05, 3.63) is 82.2 Å². The number of piperidine rings is 2. The number of hydrogen-bond acceptors (Lipinski definition) is 10. The topological polar surface area (TPSA) is 162 Å². The van der Waals surface area contributed by atoms with Gasteiger partial charge in [-0.2, -0.15) is 5.26 Å². The number of unbranched alkanes of at least 4 members (excludes halogenated alkanes) is 3. The van der Waals surface area contributed by atoms with Crippen LogP contribution in [0, 0.1) is 16.7 Å². The number of carbonyl (C=O) groups is 2. The Bertz CT molecular complexity index is 2180. The number of amides is 2. The highest BCUT2D eigenvalue weighted by Gasteiger charge is 2.38. The first-order valence-corrected chi connectivity index (χ1v) is 21.7. The first kappa shape index (κ1) is 40.2. The Balaban J connectivity index is 0.762. The number of carbonyl (C=O) groups excluding carboxylic acids is 2. The average molecular weight is 796 g/mol. The van der Waals surface area contributed by atoms with Crippen molar-refractivity contribution in [3.63, 3.8) is 0 Å². The lowest BCUT2D eigenvalue weighted by Crippen LogP contribution is -2.47. The van der Waals surface area contributed by atoms with Crippen LogP contribution in [0.25, 0.3) is 11.3 Å². The number of nitrogens with two attached hydrogens (primary N) is 1. The lowest BCUT2D eigenvalue weighted by molar-refractivity contribution is -0.116. The SMILES string of the molecule is CC(=O)Nc1cc(COc2nc(-c3ccc(N4CCC5(CCN(CCCCCCC(=O)Nc6c7c(cc8c6CCC8)CCC7)CC5)CC4)c(C#N)c3)cnc2N)ccn1. The summed E-state index contributed by atoms with van der Waals surface area (Å²) in [6.07, 6.45) is 19.9. The molecule has 308 valence electrons. The van der Waals surface area contributed by atoms with Crippen molar-refractivity contribution in [2.45, 2.75) is 110 Å². The number of anilines is 4. The van der Waals surface area contributed by atoms with Crippen molar-refractivity contribution >= 4 is 34.8 Å². The largest absolute Gasteiger partial charge is 0.470 e. The molecular weight excluding hydrogens is 739 g/mol. The van der Waals surface area contributed by atoms with Gasteiger partial charge < -0.3 is 30.9 Å². The molecule has 2 fully saturated rings. The van der Waals surface area contributed by atoms with Gasteiger partial charge in [0.15, 0.2) is 5.82 Å². The van der Waals surface area contributed by atoms with Gasteiger partial charge in [0.05, 0.1) is 23.1 Å². The number of nitrogen functional groups attached to an aromatic ring is 1. The molecule has 4 aliphatic rings. The number of ether oxygens (including phenoxy) is 1. The fraction of sp³-hybridized carbons (Fsp3) is 0.489. The number of likely N-dealkylation sites (tertiary alicyclic amines) is 1. The van der Waals surface area contributed by atoms with E-state index in [1.807, 2.05) is 18.2 Å². The Morgan fingerprint density at radius 3 is 2.34 bits per heavy atom. The van der Waals surface area contributed by atoms with Crippen molar-refractivity contribution in [3.8, 4) is 23.2 Å². The zero-order valence-corrected chi connectivity index (χ0v) is 34.5. The van der Waals surface area contributed by atoms with Crippen LogP contribution in [0.4, 0.5) is 23.0 Å². The van der Waals surface area contributed by atoms with E-state index >= 15 is 0 Å². The summed E-state index contributed by atoms with van der Waals surface area (Å²) in [4.78, 5) is 42.5. The van der Waals surface area contributed by atoms with E-state index in [1.165, 1.54) is 73.4 Å². The van der Waals surface area contributed by atoms with Gasteiger partial charge in [-0.25, -0.2) is 15.0 Å².